The van der Waals surface area contributed by atoms with Gasteiger partial charge < -0.3 is 77.8 Å². The predicted octanol–water partition coefficient (Wildman–Crippen LogP) is 11.8. The van der Waals surface area contributed by atoms with Gasteiger partial charge >= 0.3 is 27.3 Å². The number of aliphatic hydroxyl groups excluding tert-OH is 1. The summed E-state index contributed by atoms with van der Waals surface area (Å²) in [6, 6.07) is 29.8. The molecule has 548 valence electrons. The average Bonchev–Trinajstić information content (AvgIpc) is 1.62. The van der Waals surface area contributed by atoms with Crippen LogP contribution in [0.2, 0.25) is 0 Å². The summed E-state index contributed by atoms with van der Waals surface area (Å²) in [5.41, 5.74) is 11.2. The molecule has 0 aliphatic carbocycles. The van der Waals surface area contributed by atoms with Crippen LogP contribution in [0.5, 0.6) is 17.2 Å². The summed E-state index contributed by atoms with van der Waals surface area (Å²) in [6.07, 6.45) is 7.00. The second kappa shape index (κ2) is 32.5. The van der Waals surface area contributed by atoms with Crippen LogP contribution in [0.3, 0.4) is 0 Å². The lowest BCUT2D eigenvalue weighted by Gasteiger charge is -2.31. The molecular formula is C72H94N6O21P2. The summed E-state index contributed by atoms with van der Waals surface area (Å²) in [5.74, 6) is -3.74. The lowest BCUT2D eigenvalue weighted by molar-refractivity contribution is -0.384. The number of hydrogen-bond donors (Lipinski definition) is 4. The number of aliphatic hydroxyl groups is 1. The van der Waals surface area contributed by atoms with Crippen molar-refractivity contribution in [3.05, 3.63) is 167 Å². The lowest BCUT2D eigenvalue weighted by Crippen LogP contribution is -2.40. The topological polar surface area (TPSA) is 347 Å². The quantitative estimate of drug-likeness (QED) is 0.0204. The fourth-order valence-corrected chi connectivity index (χ4v) is 14.8. The van der Waals surface area contributed by atoms with E-state index in [4.69, 9.17) is 67.5 Å². The van der Waals surface area contributed by atoms with E-state index in [1.165, 1.54) is 31.2 Å². The zero-order valence-corrected chi connectivity index (χ0v) is 59.9. The molecule has 6 N–H and O–H groups in total. The maximum Gasteiger partial charge on any atom is 0.459 e. The molecule has 6 aliphatic heterocycles. The van der Waals surface area contributed by atoms with Crippen molar-refractivity contribution >= 4 is 66.3 Å². The van der Waals surface area contributed by atoms with Gasteiger partial charge in [0.15, 0.2) is 24.0 Å². The van der Waals surface area contributed by atoms with Crippen molar-refractivity contribution in [2.75, 3.05) is 32.6 Å². The van der Waals surface area contributed by atoms with Gasteiger partial charge in [-0.05, 0) is 93.3 Å². The molecule has 27 nitrogen and oxygen atoms in total. The highest BCUT2D eigenvalue weighted by atomic mass is 31.2. The number of nitro benzene ring substituents is 1. The van der Waals surface area contributed by atoms with Crippen LogP contribution in [-0.2, 0) is 70.7 Å². The van der Waals surface area contributed by atoms with Crippen molar-refractivity contribution in [2.24, 2.45) is 28.2 Å². The Hall–Kier alpha value is -8.04. The van der Waals surface area contributed by atoms with Gasteiger partial charge in [0.05, 0.1) is 43.4 Å². The van der Waals surface area contributed by atoms with Crippen molar-refractivity contribution in [3.63, 3.8) is 0 Å². The maximum absolute atomic E-state index is 14.4. The molecule has 4 saturated heterocycles. The number of ether oxygens (including phenoxy) is 8. The second-order valence-corrected chi connectivity index (χ2v) is 31.9. The summed E-state index contributed by atoms with van der Waals surface area (Å²) in [5, 5.41) is 26.4. The number of esters is 2. The third-order valence-electron chi connectivity index (χ3n) is 16.0. The van der Waals surface area contributed by atoms with Crippen molar-refractivity contribution in [2.45, 2.75) is 170 Å². The third kappa shape index (κ3) is 20.8. The molecule has 0 aromatic heterocycles. The van der Waals surface area contributed by atoms with Gasteiger partial charge in [-0.15, -0.1) is 0 Å². The summed E-state index contributed by atoms with van der Waals surface area (Å²) >= 11 is 0. The predicted molar refractivity (Wildman–Crippen MR) is 376 cm³/mol. The number of non-ortho nitro benzene ring substituents is 1. The number of nitrogens with one attached hydrogen (secondary N) is 1. The number of amides is 2. The third-order valence-corrected chi connectivity index (χ3v) is 19.6. The molecule has 0 radical (unpaired) electrons. The molecule has 11 rings (SSSR count). The largest absolute Gasteiger partial charge is 0.465 e. The van der Waals surface area contributed by atoms with Crippen LogP contribution in [0.1, 0.15) is 103 Å². The van der Waals surface area contributed by atoms with Gasteiger partial charge in [0.25, 0.3) is 5.69 Å². The number of hydrogen-bond acceptors (Lipinski definition) is 23. The van der Waals surface area contributed by atoms with E-state index in [0.717, 1.165) is 16.2 Å². The molecule has 4 fully saturated rings. The lowest BCUT2D eigenvalue weighted by atomic mass is 9.99. The van der Waals surface area contributed by atoms with Crippen molar-refractivity contribution in [1.82, 2.24) is 14.9 Å². The molecule has 101 heavy (non-hydrogen) atoms. The summed E-state index contributed by atoms with van der Waals surface area (Å²) in [4.78, 5) is 62.5. The Kier molecular flexibility index (Phi) is 25.3. The Morgan fingerprint density at radius 2 is 1.09 bits per heavy atom. The molecule has 5 aromatic rings. The molecule has 0 spiro atoms. The Morgan fingerprint density at radius 3 is 1.56 bits per heavy atom. The Labute approximate surface area is 588 Å². The standard InChI is InChI=1S/C32H42N3O9P.C25H28NO7P.C14H20N2O5.CH4/c1-20(30(37)39-19-31(2,3)4)34-45(38,44-24-15-9-12-21-11-7-8-14-23(21)24)40-18-25-26-27(43-32(5,6)42-26)29(41-25)35-16-10-13-22(17-35)28(33)36;1-18(24(27)31-17-25(2,3)4)16-34(30,32-21-14-12-20(13-15-21)26(28)29)33-23-11-7-9-19-8-5-6-10-22(19)23;1-14(2)20-10-9(7-17)19-13(11(10)21-14)16-5-3-4-8(6-16)12(15)18;/h7-12,14-17,20,25-27,29H,13,18-19H2,1-6H3,(H2,33,36)(H,34,38);5-15,18H,16-17H2,1-4H3;3,5-6,9-11,13,17H,4,7H2,1-2H3,(H2,15,18);1H4/t20?,25?,26-,27-,29-,45?;;9?,10-,11-,13-;/m1.1./s1. The minimum atomic E-state index is -4.24. The monoisotopic (exact) mass is 1440 g/mol. The van der Waals surface area contributed by atoms with Crippen LogP contribution in [0.15, 0.2) is 157 Å². The Bertz CT molecular complexity index is 4010. The van der Waals surface area contributed by atoms with Crippen LogP contribution >= 0.6 is 15.3 Å². The van der Waals surface area contributed by atoms with Gasteiger partial charge in [-0.2, -0.15) is 5.09 Å². The van der Waals surface area contributed by atoms with E-state index in [-0.39, 0.29) is 74.5 Å². The van der Waals surface area contributed by atoms with Crippen molar-refractivity contribution in [3.8, 4) is 17.2 Å². The number of primary amides is 2. The molecule has 12 atom stereocenters. The number of rotatable bonds is 23. The summed E-state index contributed by atoms with van der Waals surface area (Å²) < 4.78 is 99.3. The van der Waals surface area contributed by atoms with E-state index >= 15 is 0 Å². The van der Waals surface area contributed by atoms with Gasteiger partial charge in [-0.25, -0.2) is 9.13 Å². The van der Waals surface area contributed by atoms with Crippen LogP contribution < -0.4 is 30.1 Å². The Balaban J connectivity index is 0.000000204. The second-order valence-electron chi connectivity index (χ2n) is 28.2. The van der Waals surface area contributed by atoms with Crippen molar-refractivity contribution < 1.29 is 94.3 Å². The number of fused-ring (bicyclic) bond motifs is 4. The number of carbonyl (C=O) groups is 4. The van der Waals surface area contributed by atoms with Crippen LogP contribution in [0.25, 0.3) is 21.5 Å². The maximum atomic E-state index is 14.4. The molecule has 5 aromatic carbocycles. The molecule has 6 unspecified atom stereocenters. The molecule has 0 bridgehead atoms. The first kappa shape index (κ1) is 78.7. The molecule has 6 aliphatic rings. The molecular weight excluding hydrogens is 1350 g/mol. The number of nitro groups is 1. The first-order valence-electron chi connectivity index (χ1n) is 32.8. The number of carbonyl (C=O) groups excluding carboxylic acids is 4. The number of nitrogens with two attached hydrogens (primary N) is 2. The molecule has 6 heterocycles. The number of benzene rings is 5. The van der Waals surface area contributed by atoms with E-state index < -0.39 is 104 Å². The van der Waals surface area contributed by atoms with Crippen LogP contribution in [0, 0.1) is 26.9 Å². The van der Waals surface area contributed by atoms with E-state index in [0.29, 0.717) is 40.9 Å². The molecule has 29 heteroatoms. The van der Waals surface area contributed by atoms with E-state index in [1.807, 2.05) is 128 Å². The average molecular weight is 1440 g/mol. The molecule has 0 saturated carbocycles. The highest BCUT2D eigenvalue weighted by molar-refractivity contribution is 7.54. The van der Waals surface area contributed by atoms with Gasteiger partial charge in [0.1, 0.15) is 59.9 Å². The molecule has 2 amide bonds. The van der Waals surface area contributed by atoms with E-state index in [2.05, 4.69) is 5.09 Å². The van der Waals surface area contributed by atoms with Crippen LogP contribution in [0.4, 0.5) is 5.69 Å². The van der Waals surface area contributed by atoms with E-state index in [1.54, 1.807) is 79.5 Å². The first-order chi connectivity index (χ1) is 47.0. The SMILES string of the molecule is C.CC(CP(=O)(Oc1ccc([N+](=O)[O-])cc1)Oc1cccc2ccccc12)C(=O)OCC(C)(C)C.CC(NP(=O)(OCC1O[C@@H](N2C=CCC(C(N)=O)=C2)[C@@H]2OC(C)(C)O[C@H]12)Oc1cccc2ccccc12)C(=O)OCC(C)(C)C.CC1(C)O[C@@H]2[C@H](O1)C(CO)O[C@H]2N1C=CCC(C(N)=O)=C1. The highest BCUT2D eigenvalue weighted by Gasteiger charge is 2.58. The number of nitrogens with zero attached hydrogens (tertiary/aromatic N) is 3. The zero-order chi connectivity index (χ0) is 72.7. The number of allylic oxidation sites excluding steroid dienone is 2. The van der Waals surface area contributed by atoms with Crippen LogP contribution in [-0.4, -0.2) is 143 Å². The minimum absolute atomic E-state index is 0. The highest BCUT2D eigenvalue weighted by Crippen LogP contribution is 2.53. The van der Waals surface area contributed by atoms with E-state index in [9.17, 15) is 43.5 Å². The summed E-state index contributed by atoms with van der Waals surface area (Å²) in [7, 11) is -8.20. The fraction of sp³-hybridized carbons (Fsp3) is 0.472. The minimum Gasteiger partial charge on any atom is -0.465 e. The van der Waals surface area contributed by atoms with Gasteiger partial charge in [-0.3, -0.25) is 33.8 Å². The Morgan fingerprint density at radius 1 is 0.644 bits per heavy atom. The van der Waals surface area contributed by atoms with Gasteiger partial charge in [0.2, 0.25) is 11.8 Å². The van der Waals surface area contributed by atoms with Gasteiger partial charge in [0, 0.05) is 58.9 Å². The fourth-order valence-electron chi connectivity index (χ4n) is 11.4. The smallest absolute Gasteiger partial charge is 0.459 e. The van der Waals surface area contributed by atoms with Crippen molar-refractivity contribution in [1.29, 1.82) is 0 Å². The first-order valence-corrected chi connectivity index (χ1v) is 36.0. The summed E-state index contributed by atoms with van der Waals surface area (Å²) in [6.45, 7) is 22.0. The normalized spacial score (nSPS) is 24.2. The zero-order valence-electron chi connectivity index (χ0n) is 58.1. The van der Waals surface area contributed by atoms with Gasteiger partial charge in [-0.1, -0.05) is 141 Å².